The van der Waals surface area contributed by atoms with Crippen LogP contribution in [0, 0.1) is 0 Å². The molecule has 1 spiro atoms. The third-order valence-electron chi connectivity index (χ3n) is 9.20. The van der Waals surface area contributed by atoms with Crippen LogP contribution in [0.3, 0.4) is 0 Å². The van der Waals surface area contributed by atoms with Crippen LogP contribution in [0.4, 0.5) is 21.9 Å². The summed E-state index contributed by atoms with van der Waals surface area (Å²) in [6.45, 7) is 14.3. The highest BCUT2D eigenvalue weighted by molar-refractivity contribution is 6.14. The molecule has 0 bridgehead atoms. The molecule has 0 saturated carbocycles. The van der Waals surface area contributed by atoms with Crippen LogP contribution in [0.25, 0.3) is 0 Å². The van der Waals surface area contributed by atoms with Gasteiger partial charge in [-0.2, -0.15) is 0 Å². The van der Waals surface area contributed by atoms with E-state index < -0.39 is 17.2 Å². The summed E-state index contributed by atoms with van der Waals surface area (Å²) >= 11 is 0. The Balaban J connectivity index is 1.60. The quantitative estimate of drug-likeness (QED) is 0.172. The Bertz CT molecular complexity index is 1790. The lowest BCUT2D eigenvalue weighted by molar-refractivity contribution is 0.0582. The lowest BCUT2D eigenvalue weighted by Gasteiger charge is -2.44. The van der Waals surface area contributed by atoms with Crippen molar-refractivity contribution < 1.29 is 19.1 Å². The van der Waals surface area contributed by atoms with Gasteiger partial charge in [-0.05, 0) is 70.9 Å². The lowest BCUT2D eigenvalue weighted by atomic mass is 9.74. The number of ether oxygens (including phenoxy) is 2. The van der Waals surface area contributed by atoms with Crippen LogP contribution in [0.5, 0.6) is 11.5 Å². The van der Waals surface area contributed by atoms with Gasteiger partial charge in [-0.25, -0.2) is 4.79 Å². The molecule has 0 aromatic heterocycles. The van der Waals surface area contributed by atoms with E-state index in [-0.39, 0.29) is 5.91 Å². The second-order valence-corrected chi connectivity index (χ2v) is 13.6. The third-order valence-corrected chi connectivity index (χ3v) is 9.20. The molecule has 0 aliphatic carbocycles. The van der Waals surface area contributed by atoms with E-state index in [0.29, 0.717) is 29.3 Å². The first-order valence-corrected chi connectivity index (χ1v) is 17.4. The number of amides is 2. The molecule has 0 N–H and O–H groups in total. The highest BCUT2D eigenvalue weighted by atomic mass is 16.6. The van der Waals surface area contributed by atoms with Crippen molar-refractivity contribution in [2.75, 3.05) is 34.3 Å². The lowest BCUT2D eigenvalue weighted by Crippen LogP contribution is -2.47. The molecule has 48 heavy (non-hydrogen) atoms. The molecule has 7 heteroatoms. The van der Waals surface area contributed by atoms with Gasteiger partial charge in [0.15, 0.2) is 0 Å². The van der Waals surface area contributed by atoms with Crippen molar-refractivity contribution in [1.82, 2.24) is 0 Å². The molecule has 2 heterocycles. The van der Waals surface area contributed by atoms with E-state index in [0.717, 1.165) is 66.8 Å². The number of para-hydroxylation sites is 1. The molecule has 250 valence electrons. The van der Waals surface area contributed by atoms with Crippen LogP contribution in [-0.4, -0.2) is 37.2 Å². The molecule has 6 rings (SSSR count). The number of unbranched alkanes of at least 4 members (excludes halogenated alkanes) is 2. The molecule has 4 aromatic rings. The van der Waals surface area contributed by atoms with Gasteiger partial charge in [0.1, 0.15) is 22.6 Å². The second-order valence-electron chi connectivity index (χ2n) is 13.6. The van der Waals surface area contributed by atoms with Crippen LogP contribution in [0.15, 0.2) is 91.0 Å². The fourth-order valence-electron chi connectivity index (χ4n) is 7.02. The van der Waals surface area contributed by atoms with E-state index in [9.17, 15) is 9.59 Å². The average molecular weight is 646 g/mol. The van der Waals surface area contributed by atoms with Gasteiger partial charge in [0.25, 0.3) is 5.91 Å². The van der Waals surface area contributed by atoms with Gasteiger partial charge < -0.3 is 14.4 Å². The van der Waals surface area contributed by atoms with Crippen LogP contribution in [0.1, 0.15) is 94.3 Å². The van der Waals surface area contributed by atoms with E-state index in [4.69, 9.17) is 9.47 Å². The molecular weight excluding hydrogens is 598 g/mol. The minimum Gasteiger partial charge on any atom is -0.456 e. The van der Waals surface area contributed by atoms with Crippen molar-refractivity contribution in [3.63, 3.8) is 0 Å². The Hall–Kier alpha value is -4.78. The van der Waals surface area contributed by atoms with Crippen molar-refractivity contribution in [3.8, 4) is 11.5 Å². The molecule has 7 nitrogen and oxygen atoms in total. The van der Waals surface area contributed by atoms with Crippen molar-refractivity contribution in [2.45, 2.75) is 78.4 Å². The van der Waals surface area contributed by atoms with Crippen LogP contribution in [0.2, 0.25) is 0 Å². The molecule has 0 fully saturated rings. The van der Waals surface area contributed by atoms with Crippen molar-refractivity contribution in [2.24, 2.45) is 0 Å². The van der Waals surface area contributed by atoms with E-state index in [2.05, 4.69) is 43.0 Å². The topological polar surface area (TPSA) is 62.3 Å². The SMILES string of the molecule is CCCCN(CCCC)c1ccc2c(c1)Oc1cc(N(CC)C(=O)OC(C)(C)C)ccc1C21c2ccccc2C(=O)N1c1ccccc1. The third kappa shape index (κ3) is 5.80. The van der Waals surface area contributed by atoms with Gasteiger partial charge in [-0.1, -0.05) is 75.2 Å². The van der Waals surface area contributed by atoms with Crippen molar-refractivity contribution >= 4 is 29.1 Å². The fraction of sp³-hybridized carbons (Fsp3) is 0.366. The number of hydrogen-bond acceptors (Lipinski definition) is 5. The number of carbonyl (C=O) groups excluding carboxylic acids is 2. The van der Waals surface area contributed by atoms with Crippen molar-refractivity contribution in [1.29, 1.82) is 0 Å². The Kier molecular flexibility index (Phi) is 9.24. The predicted molar refractivity (Wildman–Crippen MR) is 194 cm³/mol. The average Bonchev–Trinajstić information content (AvgIpc) is 3.33. The number of nitrogens with zero attached hydrogens (tertiary/aromatic N) is 3. The van der Waals surface area contributed by atoms with E-state index >= 15 is 0 Å². The summed E-state index contributed by atoms with van der Waals surface area (Å²) in [5.41, 5.74) is 4.21. The fourth-order valence-corrected chi connectivity index (χ4v) is 7.02. The summed E-state index contributed by atoms with van der Waals surface area (Å²) in [5, 5.41) is 0. The first-order chi connectivity index (χ1) is 23.1. The van der Waals surface area contributed by atoms with Gasteiger partial charge in [0, 0.05) is 65.4 Å². The summed E-state index contributed by atoms with van der Waals surface area (Å²) in [4.78, 5) is 33.9. The number of carbonyl (C=O) groups is 2. The zero-order valence-electron chi connectivity index (χ0n) is 29.1. The van der Waals surface area contributed by atoms with Crippen LogP contribution < -0.4 is 19.4 Å². The number of hydrogen-bond donors (Lipinski definition) is 0. The summed E-state index contributed by atoms with van der Waals surface area (Å²) in [5.74, 6) is 1.22. The maximum absolute atomic E-state index is 14.6. The van der Waals surface area contributed by atoms with Gasteiger partial charge in [0.2, 0.25) is 0 Å². The molecular formula is C41H47N3O4. The minimum absolute atomic E-state index is 0.0692. The Morgan fingerprint density at radius 3 is 1.96 bits per heavy atom. The van der Waals surface area contributed by atoms with Crippen molar-refractivity contribution in [3.05, 3.63) is 113 Å². The largest absolute Gasteiger partial charge is 0.456 e. The number of benzene rings is 4. The van der Waals surface area contributed by atoms with Crippen LogP contribution >= 0.6 is 0 Å². The summed E-state index contributed by atoms with van der Waals surface area (Å²) in [7, 11) is 0. The molecule has 1 unspecified atom stereocenters. The summed E-state index contributed by atoms with van der Waals surface area (Å²) in [6, 6.07) is 30.1. The molecule has 4 aromatic carbocycles. The van der Waals surface area contributed by atoms with E-state index in [1.165, 1.54) is 0 Å². The highest BCUT2D eigenvalue weighted by Crippen LogP contribution is 2.59. The Morgan fingerprint density at radius 2 is 1.35 bits per heavy atom. The van der Waals surface area contributed by atoms with Gasteiger partial charge in [0.05, 0.1) is 5.69 Å². The summed E-state index contributed by atoms with van der Waals surface area (Å²) < 4.78 is 12.6. The molecule has 2 aliphatic heterocycles. The molecule has 0 radical (unpaired) electrons. The Morgan fingerprint density at radius 1 is 0.771 bits per heavy atom. The maximum atomic E-state index is 14.6. The monoisotopic (exact) mass is 645 g/mol. The van der Waals surface area contributed by atoms with E-state index in [1.807, 2.05) is 99.3 Å². The normalized spacial score (nSPS) is 16.2. The standard InChI is InChI=1S/C41H47N3O4/c1-7-10-25-42(26-11-8-2)30-21-23-34-36(27-30)47-37-28-31(43(9-3)39(46)48-40(4,5)6)22-24-35(37)41(34)33-20-16-15-19-32(33)38(45)44(41)29-17-13-12-14-18-29/h12-24,27-28H,7-11,25-26H2,1-6H3. The first-order valence-electron chi connectivity index (χ1n) is 17.4. The highest BCUT2D eigenvalue weighted by Gasteiger charge is 2.57. The zero-order valence-corrected chi connectivity index (χ0v) is 29.1. The predicted octanol–water partition coefficient (Wildman–Crippen LogP) is 9.91. The minimum atomic E-state index is -1.00. The maximum Gasteiger partial charge on any atom is 0.414 e. The Labute approximate surface area is 285 Å². The first kappa shape index (κ1) is 33.1. The molecule has 1 atom stereocenters. The number of fused-ring (bicyclic) bond motifs is 6. The smallest absolute Gasteiger partial charge is 0.414 e. The number of anilines is 3. The van der Waals surface area contributed by atoms with Gasteiger partial charge in [-0.3, -0.25) is 14.6 Å². The molecule has 2 aliphatic rings. The van der Waals surface area contributed by atoms with E-state index in [1.54, 1.807) is 4.90 Å². The zero-order chi connectivity index (χ0) is 34.1. The van der Waals surface area contributed by atoms with Gasteiger partial charge >= 0.3 is 6.09 Å². The molecule has 2 amide bonds. The molecule has 0 saturated heterocycles. The summed E-state index contributed by atoms with van der Waals surface area (Å²) in [6.07, 6.45) is 3.99. The van der Waals surface area contributed by atoms with Gasteiger partial charge in [-0.15, -0.1) is 0 Å². The second kappa shape index (κ2) is 13.4. The van der Waals surface area contributed by atoms with Crippen LogP contribution in [-0.2, 0) is 10.3 Å². The number of rotatable bonds is 10.